The highest BCUT2D eigenvalue weighted by Crippen LogP contribution is 2.21. The van der Waals surface area contributed by atoms with Gasteiger partial charge in [0.2, 0.25) is 0 Å². The molecule has 0 aliphatic rings. The first-order valence-corrected chi connectivity index (χ1v) is 4.82. The maximum absolute atomic E-state index is 13.5. The molecule has 15 heavy (non-hydrogen) atoms. The van der Waals surface area contributed by atoms with E-state index >= 15 is 0 Å². The molecule has 0 fully saturated rings. The summed E-state index contributed by atoms with van der Waals surface area (Å²) >= 11 is 0. The highest BCUT2D eigenvalue weighted by Gasteiger charge is 2.14. The predicted octanol–water partition coefficient (Wildman–Crippen LogP) is 2.23. The van der Waals surface area contributed by atoms with Crippen molar-refractivity contribution in [3.8, 4) is 5.75 Å². The second-order valence-electron chi connectivity index (χ2n) is 3.36. The molecule has 0 aliphatic carbocycles. The van der Waals surface area contributed by atoms with Gasteiger partial charge in [-0.05, 0) is 25.0 Å². The third-order valence-corrected chi connectivity index (χ3v) is 2.14. The Hall–Kier alpha value is -1.58. The zero-order valence-corrected chi connectivity index (χ0v) is 8.88. The Morgan fingerprint density at radius 2 is 2.27 bits per heavy atom. The van der Waals surface area contributed by atoms with Gasteiger partial charge in [0.05, 0.1) is 0 Å². The highest BCUT2D eigenvalue weighted by molar-refractivity contribution is 5.82. The van der Waals surface area contributed by atoms with Crippen LogP contribution in [0.4, 0.5) is 4.39 Å². The number of ether oxygens (including phenoxy) is 1. The van der Waals surface area contributed by atoms with Gasteiger partial charge in [-0.25, -0.2) is 4.39 Å². The smallest absolute Gasteiger partial charge is 0.167 e. The lowest BCUT2D eigenvalue weighted by Crippen LogP contribution is -2.32. The maximum Gasteiger partial charge on any atom is 0.167 e. The minimum absolute atomic E-state index is 0.0848. The molecular weight excluding hydrogens is 195 g/mol. The van der Waals surface area contributed by atoms with E-state index in [1.807, 2.05) is 6.92 Å². The molecule has 0 aromatic heterocycles. The van der Waals surface area contributed by atoms with Crippen LogP contribution >= 0.6 is 0 Å². The van der Waals surface area contributed by atoms with Crippen LogP contribution in [-0.2, 0) is 0 Å². The number of rotatable bonds is 4. The predicted molar refractivity (Wildman–Crippen MR) is 57.8 cm³/mol. The second kappa shape index (κ2) is 4.77. The molecule has 4 heteroatoms. The molecule has 0 spiro atoms. The van der Waals surface area contributed by atoms with Crippen molar-refractivity contribution in [1.29, 1.82) is 5.41 Å². The molecule has 1 aromatic carbocycles. The Balaban J connectivity index is 2.88. The Morgan fingerprint density at radius 1 is 1.60 bits per heavy atom. The van der Waals surface area contributed by atoms with Gasteiger partial charge >= 0.3 is 0 Å². The van der Waals surface area contributed by atoms with Crippen LogP contribution in [0.1, 0.15) is 18.9 Å². The van der Waals surface area contributed by atoms with Crippen molar-refractivity contribution in [3.63, 3.8) is 0 Å². The minimum atomic E-state index is -0.554. The molecule has 0 heterocycles. The van der Waals surface area contributed by atoms with Crippen LogP contribution in [0.2, 0.25) is 0 Å². The van der Waals surface area contributed by atoms with Crippen molar-refractivity contribution in [1.82, 2.24) is 0 Å². The topological polar surface area (TPSA) is 59.1 Å². The normalized spacial score (nSPS) is 12.2. The van der Waals surface area contributed by atoms with Gasteiger partial charge in [0.15, 0.2) is 17.7 Å². The molecule has 82 valence electrons. The second-order valence-corrected chi connectivity index (χ2v) is 3.36. The lowest BCUT2D eigenvalue weighted by atomic mass is 10.2. The van der Waals surface area contributed by atoms with Gasteiger partial charge < -0.3 is 10.5 Å². The molecule has 1 atom stereocenters. The molecule has 1 aromatic rings. The Kier molecular flexibility index (Phi) is 3.66. The number of nitrogens with two attached hydrogens (primary N) is 1. The molecule has 0 saturated carbocycles. The molecule has 3 N–H and O–H groups in total. The zero-order chi connectivity index (χ0) is 11.4. The van der Waals surface area contributed by atoms with Crippen LogP contribution in [0.25, 0.3) is 0 Å². The van der Waals surface area contributed by atoms with Gasteiger partial charge in [0.1, 0.15) is 5.84 Å². The number of aryl methyl sites for hydroxylation is 1. The number of hydrogen-bond acceptors (Lipinski definition) is 2. The highest BCUT2D eigenvalue weighted by atomic mass is 19.1. The average molecular weight is 210 g/mol. The largest absolute Gasteiger partial charge is 0.479 e. The van der Waals surface area contributed by atoms with E-state index in [9.17, 15) is 4.39 Å². The summed E-state index contributed by atoms with van der Waals surface area (Å²) in [5.41, 5.74) is 5.84. The summed E-state index contributed by atoms with van der Waals surface area (Å²) in [6.45, 7) is 3.50. The van der Waals surface area contributed by atoms with Crippen molar-refractivity contribution in [2.75, 3.05) is 0 Å². The molecule has 0 radical (unpaired) electrons. The van der Waals surface area contributed by atoms with E-state index < -0.39 is 11.9 Å². The van der Waals surface area contributed by atoms with Crippen LogP contribution < -0.4 is 10.5 Å². The Labute approximate surface area is 88.6 Å². The Bertz CT molecular complexity index is 366. The van der Waals surface area contributed by atoms with Gasteiger partial charge in [-0.1, -0.05) is 19.1 Å². The zero-order valence-electron chi connectivity index (χ0n) is 8.88. The maximum atomic E-state index is 13.5. The first kappa shape index (κ1) is 11.5. The Morgan fingerprint density at radius 3 is 2.80 bits per heavy atom. The van der Waals surface area contributed by atoms with Crippen molar-refractivity contribution < 1.29 is 9.13 Å². The number of hydrogen-bond donors (Lipinski definition) is 2. The summed E-state index contributed by atoms with van der Waals surface area (Å²) in [6.07, 6.45) is -0.00999. The first-order valence-electron chi connectivity index (χ1n) is 4.82. The molecular formula is C11H15FN2O. The van der Waals surface area contributed by atoms with Crippen LogP contribution in [0.5, 0.6) is 5.75 Å². The van der Waals surface area contributed by atoms with E-state index in [1.54, 1.807) is 19.1 Å². The van der Waals surface area contributed by atoms with Crippen molar-refractivity contribution in [2.24, 2.45) is 5.73 Å². The molecule has 1 unspecified atom stereocenters. The standard InChI is InChI=1S/C11H15FN2O/c1-3-8(11(13)14)15-9-6-4-5-7(2)10(9)12/h4-6,8H,3H2,1-2H3,(H3,13,14). The lowest BCUT2D eigenvalue weighted by Gasteiger charge is -2.16. The third-order valence-electron chi connectivity index (χ3n) is 2.14. The van der Waals surface area contributed by atoms with E-state index in [0.717, 1.165) is 0 Å². The molecule has 1 rings (SSSR count). The van der Waals surface area contributed by atoms with E-state index in [2.05, 4.69) is 0 Å². The van der Waals surface area contributed by atoms with Crippen molar-refractivity contribution >= 4 is 5.84 Å². The number of benzene rings is 1. The number of nitrogens with one attached hydrogen (secondary N) is 1. The van der Waals surface area contributed by atoms with E-state index in [0.29, 0.717) is 12.0 Å². The summed E-state index contributed by atoms with van der Waals surface area (Å²) in [5, 5.41) is 7.26. The fourth-order valence-corrected chi connectivity index (χ4v) is 1.23. The van der Waals surface area contributed by atoms with E-state index in [-0.39, 0.29) is 11.6 Å². The third kappa shape index (κ3) is 2.68. The van der Waals surface area contributed by atoms with E-state index in [1.165, 1.54) is 6.07 Å². The summed E-state index contributed by atoms with van der Waals surface area (Å²) in [5.74, 6) is -0.326. The van der Waals surface area contributed by atoms with Gasteiger partial charge in [0, 0.05) is 0 Å². The average Bonchev–Trinajstić information content (AvgIpc) is 2.19. The molecule has 0 amide bonds. The first-order chi connectivity index (χ1) is 7.06. The molecule has 0 saturated heterocycles. The van der Waals surface area contributed by atoms with Crippen LogP contribution in [0.15, 0.2) is 18.2 Å². The minimum Gasteiger partial charge on any atom is -0.479 e. The summed E-state index contributed by atoms with van der Waals surface area (Å²) in [6, 6.07) is 4.91. The molecule has 3 nitrogen and oxygen atoms in total. The summed E-state index contributed by atoms with van der Waals surface area (Å²) in [7, 11) is 0. The van der Waals surface area contributed by atoms with E-state index in [4.69, 9.17) is 15.9 Å². The monoisotopic (exact) mass is 210 g/mol. The van der Waals surface area contributed by atoms with Gasteiger partial charge in [-0.2, -0.15) is 0 Å². The van der Waals surface area contributed by atoms with Crippen LogP contribution in [-0.4, -0.2) is 11.9 Å². The van der Waals surface area contributed by atoms with Gasteiger partial charge in [-0.3, -0.25) is 5.41 Å². The molecule has 0 bridgehead atoms. The van der Waals surface area contributed by atoms with Crippen LogP contribution in [0.3, 0.4) is 0 Å². The lowest BCUT2D eigenvalue weighted by molar-refractivity contribution is 0.248. The fraction of sp³-hybridized carbons (Fsp3) is 0.364. The molecule has 0 aliphatic heterocycles. The SMILES string of the molecule is CCC(Oc1cccc(C)c1F)C(=N)N. The summed E-state index contributed by atoms with van der Waals surface area (Å²) in [4.78, 5) is 0. The number of amidine groups is 1. The fourth-order valence-electron chi connectivity index (χ4n) is 1.23. The van der Waals surface area contributed by atoms with Crippen molar-refractivity contribution in [3.05, 3.63) is 29.6 Å². The quantitative estimate of drug-likeness (QED) is 0.591. The van der Waals surface area contributed by atoms with Crippen LogP contribution in [0, 0.1) is 18.2 Å². The number of halogens is 1. The van der Waals surface area contributed by atoms with Gasteiger partial charge in [-0.15, -0.1) is 0 Å². The van der Waals surface area contributed by atoms with Crippen molar-refractivity contribution in [2.45, 2.75) is 26.4 Å². The summed E-state index contributed by atoms with van der Waals surface area (Å²) < 4.78 is 18.8. The van der Waals surface area contributed by atoms with Gasteiger partial charge in [0.25, 0.3) is 0 Å².